The molecule has 2 bridgehead atoms. The largest absolute Gasteiger partial charge is 0.458 e. The van der Waals surface area contributed by atoms with Gasteiger partial charge in [0, 0.05) is 31.2 Å². The lowest BCUT2D eigenvalue weighted by atomic mass is 9.95. The van der Waals surface area contributed by atoms with Crippen molar-refractivity contribution in [2.45, 2.75) is 70.2 Å². The monoisotopic (exact) mass is 378 g/mol. The third-order valence-electron chi connectivity index (χ3n) is 7.02. The molecule has 4 rings (SSSR count). The maximum absolute atomic E-state index is 12.5. The van der Waals surface area contributed by atoms with Gasteiger partial charge >= 0.3 is 5.97 Å². The van der Waals surface area contributed by atoms with Crippen molar-refractivity contribution in [2.75, 3.05) is 7.05 Å². The summed E-state index contributed by atoms with van der Waals surface area (Å²) in [4.78, 5) is 12.5. The van der Waals surface area contributed by atoms with Crippen LogP contribution in [0, 0.1) is 0 Å². The Hall–Kier alpha value is -2.13. The Kier molecular flexibility index (Phi) is 5.29. The van der Waals surface area contributed by atoms with Crippen LogP contribution >= 0.6 is 0 Å². The molecule has 148 valence electrons. The Balaban J connectivity index is 1.42. The van der Waals surface area contributed by atoms with Crippen LogP contribution < -0.4 is 0 Å². The summed E-state index contributed by atoms with van der Waals surface area (Å²) in [5.74, 6) is 0.399. The van der Waals surface area contributed by atoms with Crippen molar-refractivity contribution in [1.82, 2.24) is 0 Å². The Morgan fingerprint density at radius 1 is 1.00 bits per heavy atom. The van der Waals surface area contributed by atoms with Gasteiger partial charge < -0.3 is 9.22 Å². The summed E-state index contributed by atoms with van der Waals surface area (Å²) in [7, 11) is 2.41. The van der Waals surface area contributed by atoms with Crippen molar-refractivity contribution in [1.29, 1.82) is 0 Å². The summed E-state index contributed by atoms with van der Waals surface area (Å²) in [6, 6.07) is 19.7. The molecule has 2 saturated heterocycles. The lowest BCUT2D eigenvalue weighted by Crippen LogP contribution is -2.58. The van der Waals surface area contributed by atoms with Gasteiger partial charge in [-0.3, -0.25) is 0 Å². The first kappa shape index (κ1) is 19.2. The molecule has 3 heteroatoms. The van der Waals surface area contributed by atoms with Crippen LogP contribution in [0.1, 0.15) is 66.9 Å². The minimum atomic E-state index is -0.176. The second kappa shape index (κ2) is 7.71. The fraction of sp³-hybridized carbons (Fsp3) is 0.480. The standard InChI is InChI=1S/C25H32NO2/c1-18(2)20-11-9-19(10-12-20)17-26(3)22-13-14-23(26)16-24(15-22)28-25(27)21-7-5-4-6-8-21/h4-12,18,22-24H,13-17H2,1-3H3/q+1. The van der Waals surface area contributed by atoms with Crippen molar-refractivity contribution >= 4 is 5.97 Å². The molecule has 28 heavy (non-hydrogen) atoms. The fourth-order valence-electron chi connectivity index (χ4n) is 5.24. The Labute approximate surface area is 168 Å². The molecule has 0 spiro atoms. The summed E-state index contributed by atoms with van der Waals surface area (Å²) in [6.45, 7) is 5.56. The van der Waals surface area contributed by atoms with Crippen LogP contribution in [0.25, 0.3) is 0 Å². The van der Waals surface area contributed by atoms with Crippen molar-refractivity contribution in [3.63, 3.8) is 0 Å². The van der Waals surface area contributed by atoms with Crippen molar-refractivity contribution < 1.29 is 14.0 Å². The van der Waals surface area contributed by atoms with E-state index in [1.807, 2.05) is 30.3 Å². The van der Waals surface area contributed by atoms with Gasteiger partial charge in [0.05, 0.1) is 24.7 Å². The summed E-state index contributed by atoms with van der Waals surface area (Å²) >= 11 is 0. The molecule has 0 amide bonds. The zero-order valence-corrected chi connectivity index (χ0v) is 17.3. The molecule has 2 aliphatic heterocycles. The van der Waals surface area contributed by atoms with Gasteiger partial charge in [-0.25, -0.2) is 4.79 Å². The molecule has 0 aliphatic carbocycles. The molecule has 0 aromatic heterocycles. The van der Waals surface area contributed by atoms with E-state index in [1.165, 1.54) is 24.0 Å². The van der Waals surface area contributed by atoms with Crippen molar-refractivity contribution in [3.8, 4) is 0 Å². The number of quaternary nitrogens is 1. The van der Waals surface area contributed by atoms with Gasteiger partial charge in [0.2, 0.25) is 0 Å². The van der Waals surface area contributed by atoms with E-state index >= 15 is 0 Å². The molecule has 2 atom stereocenters. The zero-order chi connectivity index (χ0) is 19.7. The van der Waals surface area contributed by atoms with Crippen LogP contribution in [0.3, 0.4) is 0 Å². The second-order valence-corrected chi connectivity index (χ2v) is 9.15. The molecule has 2 fully saturated rings. The lowest BCUT2D eigenvalue weighted by molar-refractivity contribution is -0.961. The third kappa shape index (κ3) is 3.73. The van der Waals surface area contributed by atoms with Crippen LogP contribution in [0.4, 0.5) is 0 Å². The topological polar surface area (TPSA) is 26.3 Å². The summed E-state index contributed by atoms with van der Waals surface area (Å²) in [6.07, 6.45) is 4.50. The third-order valence-corrected chi connectivity index (χ3v) is 7.02. The molecular formula is C25H32NO2+. The summed E-state index contributed by atoms with van der Waals surface area (Å²) in [5, 5.41) is 0. The zero-order valence-electron chi connectivity index (χ0n) is 17.3. The number of benzene rings is 2. The van der Waals surface area contributed by atoms with Crippen LogP contribution in [-0.2, 0) is 11.3 Å². The quantitative estimate of drug-likeness (QED) is 0.521. The molecule has 2 aromatic carbocycles. The van der Waals surface area contributed by atoms with E-state index in [0.29, 0.717) is 23.6 Å². The number of hydrogen-bond donors (Lipinski definition) is 0. The molecule has 3 nitrogen and oxygen atoms in total. The molecular weight excluding hydrogens is 346 g/mol. The van der Waals surface area contributed by atoms with Crippen LogP contribution in [0.2, 0.25) is 0 Å². The molecule has 0 N–H and O–H groups in total. The second-order valence-electron chi connectivity index (χ2n) is 9.15. The minimum absolute atomic E-state index is 0.0553. The Morgan fingerprint density at radius 2 is 1.61 bits per heavy atom. The maximum atomic E-state index is 12.5. The Bertz CT molecular complexity index is 798. The highest BCUT2D eigenvalue weighted by Crippen LogP contribution is 2.43. The predicted octanol–water partition coefficient (Wildman–Crippen LogP) is 5.31. The van der Waals surface area contributed by atoms with Crippen LogP contribution in [0.15, 0.2) is 54.6 Å². The average Bonchev–Trinajstić information content (AvgIpc) is 2.85. The number of fused-ring (bicyclic) bond motifs is 2. The number of piperidine rings is 1. The first-order valence-electron chi connectivity index (χ1n) is 10.7. The minimum Gasteiger partial charge on any atom is -0.458 e. The van der Waals surface area contributed by atoms with E-state index in [2.05, 4.69) is 45.2 Å². The molecule has 2 aromatic rings. The first-order chi connectivity index (χ1) is 13.5. The predicted molar refractivity (Wildman–Crippen MR) is 112 cm³/mol. The number of carbonyl (C=O) groups excluding carboxylic acids is 1. The fourth-order valence-corrected chi connectivity index (χ4v) is 5.24. The lowest BCUT2D eigenvalue weighted by Gasteiger charge is -2.47. The van der Waals surface area contributed by atoms with E-state index in [0.717, 1.165) is 23.9 Å². The molecule has 0 saturated carbocycles. The highest BCUT2D eigenvalue weighted by atomic mass is 16.5. The van der Waals surface area contributed by atoms with Gasteiger partial charge in [-0.1, -0.05) is 56.3 Å². The van der Waals surface area contributed by atoms with Crippen LogP contribution in [0.5, 0.6) is 0 Å². The van der Waals surface area contributed by atoms with Crippen molar-refractivity contribution in [2.24, 2.45) is 0 Å². The number of esters is 1. The summed E-state index contributed by atoms with van der Waals surface area (Å²) < 4.78 is 6.99. The van der Waals surface area contributed by atoms with E-state index in [4.69, 9.17) is 4.74 Å². The van der Waals surface area contributed by atoms with E-state index < -0.39 is 0 Å². The van der Waals surface area contributed by atoms with Gasteiger partial charge in [0.15, 0.2) is 0 Å². The Morgan fingerprint density at radius 3 is 2.18 bits per heavy atom. The van der Waals surface area contributed by atoms with Gasteiger partial charge in [-0.2, -0.15) is 0 Å². The van der Waals surface area contributed by atoms with Crippen LogP contribution in [-0.4, -0.2) is 35.7 Å². The molecule has 0 radical (unpaired) electrons. The number of hydrogen-bond acceptors (Lipinski definition) is 2. The number of nitrogens with zero attached hydrogens (tertiary/aromatic N) is 1. The van der Waals surface area contributed by atoms with Gasteiger partial charge in [-0.15, -0.1) is 0 Å². The number of ether oxygens (including phenoxy) is 1. The van der Waals surface area contributed by atoms with Gasteiger partial charge in [-0.05, 0) is 23.6 Å². The highest BCUT2D eigenvalue weighted by Gasteiger charge is 2.52. The smallest absolute Gasteiger partial charge is 0.338 e. The van der Waals surface area contributed by atoms with E-state index in [-0.39, 0.29) is 12.1 Å². The summed E-state index contributed by atoms with van der Waals surface area (Å²) in [5.41, 5.74) is 3.48. The molecule has 2 unspecified atom stereocenters. The average molecular weight is 379 g/mol. The normalized spacial score (nSPS) is 29.1. The molecule has 2 heterocycles. The van der Waals surface area contributed by atoms with Gasteiger partial charge in [0.25, 0.3) is 0 Å². The SMILES string of the molecule is CC(C)c1ccc(C[N+]2(C)C3CCC2CC(OC(=O)c2ccccc2)C3)cc1. The number of carbonyl (C=O) groups is 1. The van der Waals surface area contributed by atoms with E-state index in [9.17, 15) is 4.79 Å². The van der Waals surface area contributed by atoms with Crippen molar-refractivity contribution in [3.05, 3.63) is 71.3 Å². The first-order valence-corrected chi connectivity index (χ1v) is 10.7. The molecule has 2 aliphatic rings. The maximum Gasteiger partial charge on any atom is 0.338 e. The van der Waals surface area contributed by atoms with Gasteiger partial charge in [0.1, 0.15) is 12.6 Å². The van der Waals surface area contributed by atoms with E-state index in [1.54, 1.807) is 0 Å². The number of rotatable bonds is 5. The highest BCUT2D eigenvalue weighted by molar-refractivity contribution is 5.89.